The van der Waals surface area contributed by atoms with Crippen molar-refractivity contribution in [2.75, 3.05) is 6.61 Å². The van der Waals surface area contributed by atoms with Gasteiger partial charge in [0.15, 0.2) is 0 Å². The third kappa shape index (κ3) is 13.0. The number of aliphatic carboxylic acids is 1. The van der Waals surface area contributed by atoms with Gasteiger partial charge in [0, 0.05) is 12.2 Å². The van der Waals surface area contributed by atoms with Crippen LogP contribution in [0.2, 0.25) is 0 Å². The zero-order chi connectivity index (χ0) is 11.4. The number of carboxylic acids is 1. The van der Waals surface area contributed by atoms with E-state index in [2.05, 4.69) is 18.5 Å². The molecule has 0 fully saturated rings. The van der Waals surface area contributed by atoms with Crippen molar-refractivity contribution in [1.82, 2.24) is 5.32 Å². The molecule has 3 N–H and O–H groups in total. The summed E-state index contributed by atoms with van der Waals surface area (Å²) < 4.78 is 0. The maximum absolute atomic E-state index is 10.0. The van der Waals surface area contributed by atoms with Gasteiger partial charge in [0.1, 0.15) is 0 Å². The van der Waals surface area contributed by atoms with Crippen LogP contribution in [-0.4, -0.2) is 29.2 Å². The average Bonchev–Trinajstić information content (AvgIpc) is 2.16. The number of rotatable bonds is 6. The Balaban J connectivity index is 0. The number of carboxylic acid groups (broad SMARTS) is 1. The van der Waals surface area contributed by atoms with Crippen LogP contribution in [0.4, 0.5) is 0 Å². The molecule has 5 heteroatoms. The van der Waals surface area contributed by atoms with Crippen molar-refractivity contribution in [3.63, 3.8) is 0 Å². The Hall–Kier alpha value is -1.62. The smallest absolute Gasteiger partial charge is 0.330 e. The Morgan fingerprint density at radius 1 is 1.50 bits per heavy atom. The number of aliphatic hydroxyl groups is 1. The molecule has 0 rings (SSSR count). The maximum Gasteiger partial charge on any atom is 0.330 e. The highest BCUT2D eigenvalue weighted by atomic mass is 16.4. The van der Waals surface area contributed by atoms with Gasteiger partial charge < -0.3 is 15.5 Å². The largest absolute Gasteiger partial charge is 0.478 e. The van der Waals surface area contributed by atoms with Crippen molar-refractivity contribution in [2.24, 2.45) is 0 Å². The topological polar surface area (TPSA) is 86.6 Å². The zero-order valence-electron chi connectivity index (χ0n) is 7.90. The summed E-state index contributed by atoms with van der Waals surface area (Å²) >= 11 is 0. The van der Waals surface area contributed by atoms with E-state index in [1.54, 1.807) is 0 Å². The maximum atomic E-state index is 10.0. The number of carbonyl (C=O) groups excluding carboxylic acids is 1. The van der Waals surface area contributed by atoms with Crippen LogP contribution >= 0.6 is 0 Å². The van der Waals surface area contributed by atoms with E-state index in [9.17, 15) is 9.59 Å². The molecule has 0 unspecified atom stereocenters. The van der Waals surface area contributed by atoms with Crippen LogP contribution in [0.5, 0.6) is 0 Å². The molecule has 0 aliphatic carbocycles. The highest BCUT2D eigenvalue weighted by molar-refractivity contribution is 5.85. The Kier molecular flexibility index (Phi) is 12.1. The molecule has 80 valence electrons. The zero-order valence-corrected chi connectivity index (χ0v) is 7.90. The van der Waals surface area contributed by atoms with E-state index in [1.807, 2.05) is 0 Å². The van der Waals surface area contributed by atoms with Gasteiger partial charge in [-0.3, -0.25) is 4.79 Å². The molecular weight excluding hydrogens is 186 g/mol. The van der Waals surface area contributed by atoms with Gasteiger partial charge >= 0.3 is 5.97 Å². The SMILES string of the molecule is C=C(CCCO)C(=O)O.C=CNC=O. The third-order valence-corrected chi connectivity index (χ3v) is 1.13. The summed E-state index contributed by atoms with van der Waals surface area (Å²) in [5, 5.41) is 18.7. The minimum Gasteiger partial charge on any atom is -0.478 e. The van der Waals surface area contributed by atoms with Gasteiger partial charge in [0.25, 0.3) is 0 Å². The van der Waals surface area contributed by atoms with Crippen LogP contribution in [0.3, 0.4) is 0 Å². The van der Waals surface area contributed by atoms with Gasteiger partial charge in [-0.15, -0.1) is 0 Å². The van der Waals surface area contributed by atoms with Gasteiger partial charge in [-0.2, -0.15) is 0 Å². The van der Waals surface area contributed by atoms with Crippen molar-refractivity contribution in [2.45, 2.75) is 12.8 Å². The van der Waals surface area contributed by atoms with Gasteiger partial charge in [-0.05, 0) is 19.0 Å². The number of nitrogens with one attached hydrogen (secondary N) is 1. The summed E-state index contributed by atoms with van der Waals surface area (Å²) in [7, 11) is 0. The molecule has 0 atom stereocenters. The lowest BCUT2D eigenvalue weighted by Gasteiger charge is -1.94. The van der Waals surface area contributed by atoms with Crippen LogP contribution in [0, 0.1) is 0 Å². The van der Waals surface area contributed by atoms with E-state index >= 15 is 0 Å². The van der Waals surface area contributed by atoms with E-state index in [0.717, 1.165) is 0 Å². The Morgan fingerprint density at radius 3 is 2.29 bits per heavy atom. The summed E-state index contributed by atoms with van der Waals surface area (Å²) in [6.07, 6.45) is 2.72. The molecule has 0 heterocycles. The number of carbonyl (C=O) groups is 2. The molecule has 1 amide bonds. The van der Waals surface area contributed by atoms with Crippen molar-refractivity contribution >= 4 is 12.4 Å². The fourth-order valence-corrected chi connectivity index (χ4v) is 0.447. The summed E-state index contributed by atoms with van der Waals surface area (Å²) in [4.78, 5) is 19.2. The van der Waals surface area contributed by atoms with Crippen molar-refractivity contribution in [1.29, 1.82) is 0 Å². The summed E-state index contributed by atoms with van der Waals surface area (Å²) in [5.41, 5.74) is 0.157. The third-order valence-electron chi connectivity index (χ3n) is 1.13. The molecule has 0 spiro atoms. The van der Waals surface area contributed by atoms with Gasteiger partial charge in [0.2, 0.25) is 6.41 Å². The summed E-state index contributed by atoms with van der Waals surface area (Å²) in [6, 6.07) is 0. The minimum absolute atomic E-state index is 0.0201. The number of amides is 1. The molecule has 0 aliphatic rings. The Labute approximate surface area is 82.7 Å². The normalized spacial score (nSPS) is 7.79. The lowest BCUT2D eigenvalue weighted by molar-refractivity contribution is -0.132. The van der Waals surface area contributed by atoms with Crippen molar-refractivity contribution in [3.05, 3.63) is 24.9 Å². The first-order chi connectivity index (χ1) is 6.59. The van der Waals surface area contributed by atoms with Gasteiger partial charge in [0.05, 0.1) is 0 Å². The number of aliphatic hydroxyl groups excluding tert-OH is 1. The van der Waals surface area contributed by atoms with E-state index in [0.29, 0.717) is 19.3 Å². The summed E-state index contributed by atoms with van der Waals surface area (Å²) in [5.74, 6) is -0.983. The second-order valence-electron chi connectivity index (χ2n) is 2.22. The van der Waals surface area contributed by atoms with Crippen LogP contribution in [0.15, 0.2) is 24.9 Å². The van der Waals surface area contributed by atoms with E-state index in [-0.39, 0.29) is 12.2 Å². The Bertz CT molecular complexity index is 195. The van der Waals surface area contributed by atoms with Crippen LogP contribution < -0.4 is 5.32 Å². The number of hydrogen-bond acceptors (Lipinski definition) is 3. The van der Waals surface area contributed by atoms with E-state index in [1.165, 1.54) is 6.20 Å². The molecular formula is C9H15NO4. The molecule has 0 aromatic rings. The van der Waals surface area contributed by atoms with Crippen molar-refractivity contribution < 1.29 is 19.8 Å². The van der Waals surface area contributed by atoms with Crippen molar-refractivity contribution in [3.8, 4) is 0 Å². The van der Waals surface area contributed by atoms with Crippen LogP contribution in [0.25, 0.3) is 0 Å². The fourth-order valence-electron chi connectivity index (χ4n) is 0.447. The van der Waals surface area contributed by atoms with Gasteiger partial charge in [-0.1, -0.05) is 13.2 Å². The molecule has 0 aromatic heterocycles. The summed E-state index contributed by atoms with van der Waals surface area (Å²) in [6.45, 7) is 6.51. The first kappa shape index (κ1) is 14.9. The predicted molar refractivity (Wildman–Crippen MR) is 52.5 cm³/mol. The molecule has 14 heavy (non-hydrogen) atoms. The minimum atomic E-state index is -0.983. The second-order valence-corrected chi connectivity index (χ2v) is 2.22. The first-order valence-corrected chi connectivity index (χ1v) is 3.92. The van der Waals surface area contributed by atoms with E-state index in [4.69, 9.17) is 10.2 Å². The quantitative estimate of drug-likeness (QED) is 0.425. The Morgan fingerprint density at radius 2 is 2.07 bits per heavy atom. The van der Waals surface area contributed by atoms with Gasteiger partial charge in [-0.25, -0.2) is 4.79 Å². The monoisotopic (exact) mass is 201 g/mol. The molecule has 0 radical (unpaired) electrons. The lowest BCUT2D eigenvalue weighted by Crippen LogP contribution is -1.99. The molecule has 5 nitrogen and oxygen atoms in total. The van der Waals surface area contributed by atoms with E-state index < -0.39 is 5.97 Å². The second kappa shape index (κ2) is 11.4. The first-order valence-electron chi connectivity index (χ1n) is 3.92. The standard InChI is InChI=1S/C6H10O3.C3H5NO/c1-5(6(8)9)3-2-4-7;1-2-4-3-5/h7H,1-4H2,(H,8,9);2-3H,1H2,(H,4,5). The average molecular weight is 201 g/mol. The highest BCUT2D eigenvalue weighted by Gasteiger charge is 2.00. The molecule has 0 bridgehead atoms. The predicted octanol–water partition coefficient (Wildman–Crippen LogP) is 0.276. The molecule has 0 saturated heterocycles. The van der Waals surface area contributed by atoms with Crippen LogP contribution in [0.1, 0.15) is 12.8 Å². The lowest BCUT2D eigenvalue weighted by atomic mass is 10.2. The van der Waals surface area contributed by atoms with Crippen LogP contribution in [-0.2, 0) is 9.59 Å². The number of hydrogen-bond donors (Lipinski definition) is 3. The fraction of sp³-hybridized carbons (Fsp3) is 0.333. The molecule has 0 aliphatic heterocycles. The molecule has 0 saturated carbocycles. The molecule has 0 aromatic carbocycles. The highest BCUT2D eigenvalue weighted by Crippen LogP contribution is 2.00.